The van der Waals surface area contributed by atoms with Gasteiger partial charge in [-0.05, 0) is 36.9 Å². The van der Waals surface area contributed by atoms with Crippen LogP contribution in [0.25, 0.3) is 0 Å². The number of pyridine rings is 1. The lowest BCUT2D eigenvalue weighted by Gasteiger charge is -2.39. The molecule has 0 amide bonds. The molecule has 0 unspecified atom stereocenters. The summed E-state index contributed by atoms with van der Waals surface area (Å²) in [5.41, 5.74) is 6.12. The molecule has 0 saturated carbocycles. The molecule has 0 aliphatic carbocycles. The molecular formula is C13H21N3O. The summed E-state index contributed by atoms with van der Waals surface area (Å²) >= 11 is 0. The van der Waals surface area contributed by atoms with Crippen molar-refractivity contribution in [2.45, 2.75) is 19.8 Å². The van der Waals surface area contributed by atoms with Crippen LogP contribution in [0.3, 0.4) is 0 Å². The summed E-state index contributed by atoms with van der Waals surface area (Å²) in [6, 6.07) is 3.98. The van der Waals surface area contributed by atoms with Gasteiger partial charge in [0, 0.05) is 13.1 Å². The van der Waals surface area contributed by atoms with Crippen molar-refractivity contribution in [3.05, 3.63) is 18.3 Å². The third-order valence-corrected chi connectivity index (χ3v) is 3.74. The first kappa shape index (κ1) is 12.2. The summed E-state index contributed by atoms with van der Waals surface area (Å²) in [5.74, 6) is 1.84. The lowest BCUT2D eigenvalue weighted by atomic mass is 9.80. The first-order chi connectivity index (χ1) is 8.17. The van der Waals surface area contributed by atoms with E-state index in [1.165, 1.54) is 0 Å². The smallest absolute Gasteiger partial charge is 0.137 e. The Morgan fingerprint density at radius 1 is 1.41 bits per heavy atom. The Morgan fingerprint density at radius 2 is 2.12 bits per heavy atom. The van der Waals surface area contributed by atoms with E-state index in [9.17, 15) is 0 Å². The van der Waals surface area contributed by atoms with Crippen molar-refractivity contribution < 1.29 is 4.74 Å². The standard InChI is InChI=1S/C13H21N3O/c1-13(10-14)5-7-16(8-6-13)12-4-3-11(17-2)9-15-12/h3-4,9H,5-8,10,14H2,1-2H3. The number of ether oxygens (including phenoxy) is 1. The van der Waals surface area contributed by atoms with Crippen LogP contribution in [0.4, 0.5) is 5.82 Å². The van der Waals surface area contributed by atoms with Crippen molar-refractivity contribution in [1.29, 1.82) is 0 Å². The minimum absolute atomic E-state index is 0.309. The van der Waals surface area contributed by atoms with Crippen molar-refractivity contribution in [2.24, 2.45) is 11.1 Å². The fourth-order valence-electron chi connectivity index (χ4n) is 2.16. The van der Waals surface area contributed by atoms with E-state index in [4.69, 9.17) is 10.5 Å². The molecule has 2 heterocycles. The number of piperidine rings is 1. The number of anilines is 1. The van der Waals surface area contributed by atoms with Crippen LogP contribution in [0, 0.1) is 5.41 Å². The number of methoxy groups -OCH3 is 1. The van der Waals surface area contributed by atoms with Gasteiger partial charge in [-0.25, -0.2) is 4.98 Å². The molecule has 4 heteroatoms. The second-order valence-corrected chi connectivity index (χ2v) is 5.06. The molecule has 1 aromatic rings. The van der Waals surface area contributed by atoms with Crippen molar-refractivity contribution >= 4 is 5.82 Å². The maximum absolute atomic E-state index is 5.81. The Balaban J connectivity index is 2.00. The third-order valence-electron chi connectivity index (χ3n) is 3.74. The Morgan fingerprint density at radius 3 is 2.59 bits per heavy atom. The lowest BCUT2D eigenvalue weighted by Crippen LogP contribution is -2.42. The van der Waals surface area contributed by atoms with Crippen molar-refractivity contribution in [1.82, 2.24) is 4.98 Å². The summed E-state index contributed by atoms with van der Waals surface area (Å²) in [6.07, 6.45) is 4.04. The molecule has 2 rings (SSSR count). The number of hydrogen-bond acceptors (Lipinski definition) is 4. The second kappa shape index (κ2) is 4.92. The van der Waals surface area contributed by atoms with Gasteiger partial charge in [-0.2, -0.15) is 0 Å². The molecule has 1 aliphatic heterocycles. The predicted molar refractivity (Wildman–Crippen MR) is 69.4 cm³/mol. The minimum atomic E-state index is 0.309. The van der Waals surface area contributed by atoms with Crippen LogP contribution in [-0.4, -0.2) is 31.7 Å². The van der Waals surface area contributed by atoms with Gasteiger partial charge < -0.3 is 15.4 Å². The molecule has 2 N–H and O–H groups in total. The van der Waals surface area contributed by atoms with Gasteiger partial charge >= 0.3 is 0 Å². The molecule has 1 aromatic heterocycles. The summed E-state index contributed by atoms with van der Waals surface area (Å²) in [4.78, 5) is 6.73. The number of nitrogens with two attached hydrogens (primary N) is 1. The summed E-state index contributed by atoms with van der Waals surface area (Å²) in [7, 11) is 1.66. The summed E-state index contributed by atoms with van der Waals surface area (Å²) in [6.45, 7) is 5.11. The van der Waals surface area contributed by atoms with Crippen LogP contribution in [-0.2, 0) is 0 Å². The van der Waals surface area contributed by atoms with Gasteiger partial charge in [0.25, 0.3) is 0 Å². The van der Waals surface area contributed by atoms with E-state index >= 15 is 0 Å². The zero-order chi connectivity index (χ0) is 12.3. The van der Waals surface area contributed by atoms with E-state index in [1.807, 2.05) is 12.1 Å². The zero-order valence-electron chi connectivity index (χ0n) is 10.6. The molecule has 1 saturated heterocycles. The largest absolute Gasteiger partial charge is 0.495 e. The molecule has 0 aromatic carbocycles. The Labute approximate surface area is 103 Å². The van der Waals surface area contributed by atoms with Crippen LogP contribution in [0.5, 0.6) is 5.75 Å². The van der Waals surface area contributed by atoms with Crippen LogP contribution >= 0.6 is 0 Å². The van der Waals surface area contributed by atoms with Crippen molar-refractivity contribution in [3.8, 4) is 5.75 Å². The van der Waals surface area contributed by atoms with Crippen LogP contribution in [0.15, 0.2) is 18.3 Å². The monoisotopic (exact) mass is 235 g/mol. The molecule has 0 spiro atoms. The highest BCUT2D eigenvalue weighted by molar-refractivity contribution is 5.41. The summed E-state index contributed by atoms with van der Waals surface area (Å²) in [5, 5.41) is 0. The zero-order valence-corrected chi connectivity index (χ0v) is 10.6. The highest BCUT2D eigenvalue weighted by atomic mass is 16.5. The molecule has 0 bridgehead atoms. The summed E-state index contributed by atoms with van der Waals surface area (Å²) < 4.78 is 5.11. The molecule has 1 fully saturated rings. The van der Waals surface area contributed by atoms with E-state index in [1.54, 1.807) is 13.3 Å². The average Bonchev–Trinajstić information content (AvgIpc) is 2.40. The fraction of sp³-hybridized carbons (Fsp3) is 0.615. The van der Waals surface area contributed by atoms with Crippen LogP contribution in [0.1, 0.15) is 19.8 Å². The average molecular weight is 235 g/mol. The number of nitrogens with zero attached hydrogens (tertiary/aromatic N) is 2. The van der Waals surface area contributed by atoms with Crippen molar-refractivity contribution in [3.63, 3.8) is 0 Å². The minimum Gasteiger partial charge on any atom is -0.495 e. The van der Waals surface area contributed by atoms with Crippen LogP contribution in [0.2, 0.25) is 0 Å². The first-order valence-corrected chi connectivity index (χ1v) is 6.12. The lowest BCUT2D eigenvalue weighted by molar-refractivity contribution is 0.258. The SMILES string of the molecule is COc1ccc(N2CCC(C)(CN)CC2)nc1. The van der Waals surface area contributed by atoms with E-state index in [2.05, 4.69) is 16.8 Å². The van der Waals surface area contributed by atoms with E-state index in [-0.39, 0.29) is 0 Å². The first-order valence-electron chi connectivity index (χ1n) is 6.12. The number of hydrogen-bond donors (Lipinski definition) is 1. The van der Waals surface area contributed by atoms with Gasteiger partial charge in [-0.1, -0.05) is 6.92 Å². The van der Waals surface area contributed by atoms with Gasteiger partial charge in [-0.15, -0.1) is 0 Å². The predicted octanol–water partition coefficient (Wildman–Crippen LogP) is 1.66. The maximum atomic E-state index is 5.81. The molecule has 0 atom stereocenters. The topological polar surface area (TPSA) is 51.4 Å². The van der Waals surface area contributed by atoms with Gasteiger partial charge in [0.15, 0.2) is 0 Å². The highest BCUT2D eigenvalue weighted by Crippen LogP contribution is 2.31. The van der Waals surface area contributed by atoms with Crippen LogP contribution < -0.4 is 15.4 Å². The Bertz CT molecular complexity index is 355. The molecule has 4 nitrogen and oxygen atoms in total. The highest BCUT2D eigenvalue weighted by Gasteiger charge is 2.28. The molecule has 0 radical (unpaired) electrons. The van der Waals surface area contributed by atoms with Crippen molar-refractivity contribution in [2.75, 3.05) is 31.6 Å². The van der Waals surface area contributed by atoms with Gasteiger partial charge in [0.1, 0.15) is 11.6 Å². The van der Waals surface area contributed by atoms with E-state index in [0.717, 1.165) is 44.0 Å². The third kappa shape index (κ3) is 2.69. The quantitative estimate of drug-likeness (QED) is 0.865. The maximum Gasteiger partial charge on any atom is 0.137 e. The molecule has 17 heavy (non-hydrogen) atoms. The number of rotatable bonds is 3. The van der Waals surface area contributed by atoms with Gasteiger partial charge in [0.2, 0.25) is 0 Å². The molecular weight excluding hydrogens is 214 g/mol. The van der Waals surface area contributed by atoms with Gasteiger partial charge in [0.05, 0.1) is 13.3 Å². The fourth-order valence-corrected chi connectivity index (χ4v) is 2.16. The number of aromatic nitrogens is 1. The van der Waals surface area contributed by atoms with E-state index in [0.29, 0.717) is 5.41 Å². The molecule has 1 aliphatic rings. The molecule has 94 valence electrons. The van der Waals surface area contributed by atoms with Gasteiger partial charge in [-0.3, -0.25) is 0 Å². The second-order valence-electron chi connectivity index (χ2n) is 5.06. The van der Waals surface area contributed by atoms with E-state index < -0.39 is 0 Å². The Hall–Kier alpha value is -1.29. The Kier molecular flexibility index (Phi) is 3.52. The normalized spacial score (nSPS) is 19.1.